The maximum absolute atomic E-state index is 7.42. The van der Waals surface area contributed by atoms with Crippen molar-refractivity contribution in [2.75, 3.05) is 0 Å². The normalized spacial score (nSPS) is 10.1. The van der Waals surface area contributed by atoms with Crippen LogP contribution in [0.25, 0.3) is 0 Å². The van der Waals surface area contributed by atoms with Crippen LogP contribution >= 0.6 is 11.8 Å². The second kappa shape index (κ2) is 5.45. The first-order chi connectivity index (χ1) is 8.27. The first-order valence-electron chi connectivity index (χ1n) is 5.09. The average Bonchev–Trinajstić information content (AvgIpc) is 2.38. The zero-order valence-electron chi connectivity index (χ0n) is 9.13. The lowest BCUT2D eigenvalue weighted by molar-refractivity contribution is 1.03. The smallest absolute Gasteiger partial charge is 0.144 e. The minimum absolute atomic E-state index is 0.0475. The van der Waals surface area contributed by atoms with Gasteiger partial charge in [-0.15, -0.1) is 0 Å². The van der Waals surface area contributed by atoms with Gasteiger partial charge in [0.15, 0.2) is 0 Å². The van der Waals surface area contributed by atoms with Crippen molar-refractivity contribution < 1.29 is 0 Å². The summed E-state index contributed by atoms with van der Waals surface area (Å²) in [6.07, 6.45) is 3.16. The van der Waals surface area contributed by atoms with E-state index in [1.807, 2.05) is 18.2 Å². The molecule has 0 fully saturated rings. The molecule has 0 saturated heterocycles. The van der Waals surface area contributed by atoms with Crippen molar-refractivity contribution in [3.05, 3.63) is 54.0 Å². The summed E-state index contributed by atoms with van der Waals surface area (Å²) < 4.78 is 0. The summed E-state index contributed by atoms with van der Waals surface area (Å²) in [5, 5.41) is 8.12. The predicted octanol–water partition coefficient (Wildman–Crippen LogP) is 2.05. The zero-order chi connectivity index (χ0) is 12.1. The third kappa shape index (κ3) is 3.04. The SMILES string of the molecule is N=C(N)c1nccnc1SCc1ccccc1. The standard InChI is InChI=1S/C12H12N4S/c13-11(14)10-12(16-7-6-15-10)17-8-9-4-2-1-3-5-9/h1-7H,8H2,(H3,13,14). The minimum Gasteiger partial charge on any atom is -0.382 e. The molecule has 1 aromatic heterocycles. The van der Waals surface area contributed by atoms with E-state index in [9.17, 15) is 0 Å². The molecule has 0 aliphatic heterocycles. The van der Waals surface area contributed by atoms with Gasteiger partial charge in [0, 0.05) is 18.1 Å². The van der Waals surface area contributed by atoms with Gasteiger partial charge >= 0.3 is 0 Å². The number of nitrogens with one attached hydrogen (secondary N) is 1. The van der Waals surface area contributed by atoms with E-state index in [2.05, 4.69) is 22.1 Å². The number of aromatic nitrogens is 2. The van der Waals surface area contributed by atoms with Crippen LogP contribution in [0.3, 0.4) is 0 Å². The fourth-order valence-electron chi connectivity index (χ4n) is 1.34. The molecule has 0 saturated carbocycles. The number of amidine groups is 1. The molecule has 5 heteroatoms. The number of thioether (sulfide) groups is 1. The van der Waals surface area contributed by atoms with E-state index in [4.69, 9.17) is 11.1 Å². The predicted molar refractivity (Wildman–Crippen MR) is 69.1 cm³/mol. The van der Waals surface area contributed by atoms with E-state index in [1.54, 1.807) is 12.4 Å². The molecule has 1 heterocycles. The lowest BCUT2D eigenvalue weighted by atomic mass is 10.2. The number of rotatable bonds is 4. The van der Waals surface area contributed by atoms with Crippen LogP contribution < -0.4 is 5.73 Å². The molecule has 0 aliphatic rings. The Balaban J connectivity index is 2.12. The Morgan fingerprint density at radius 2 is 1.88 bits per heavy atom. The second-order valence-electron chi connectivity index (χ2n) is 3.40. The van der Waals surface area contributed by atoms with E-state index in [-0.39, 0.29) is 5.84 Å². The Morgan fingerprint density at radius 3 is 2.59 bits per heavy atom. The van der Waals surface area contributed by atoms with Crippen molar-refractivity contribution in [1.82, 2.24) is 9.97 Å². The van der Waals surface area contributed by atoms with Crippen LogP contribution in [0.5, 0.6) is 0 Å². The Bertz CT molecular complexity index is 513. The Labute approximate surface area is 104 Å². The van der Waals surface area contributed by atoms with Crippen molar-refractivity contribution in [2.45, 2.75) is 10.8 Å². The van der Waals surface area contributed by atoms with Gasteiger partial charge in [-0.25, -0.2) is 9.97 Å². The highest BCUT2D eigenvalue weighted by atomic mass is 32.2. The molecule has 2 aromatic rings. The van der Waals surface area contributed by atoms with E-state index < -0.39 is 0 Å². The van der Waals surface area contributed by atoms with E-state index in [0.717, 1.165) is 5.75 Å². The van der Waals surface area contributed by atoms with Crippen molar-refractivity contribution >= 4 is 17.6 Å². The molecule has 0 spiro atoms. The van der Waals surface area contributed by atoms with Gasteiger partial charge in [-0.05, 0) is 5.56 Å². The van der Waals surface area contributed by atoms with Gasteiger partial charge in [-0.3, -0.25) is 5.41 Å². The first-order valence-corrected chi connectivity index (χ1v) is 6.08. The van der Waals surface area contributed by atoms with Gasteiger partial charge < -0.3 is 5.73 Å². The fourth-order valence-corrected chi connectivity index (χ4v) is 2.27. The van der Waals surface area contributed by atoms with E-state index in [0.29, 0.717) is 10.7 Å². The third-order valence-corrected chi connectivity index (χ3v) is 3.19. The summed E-state index contributed by atoms with van der Waals surface area (Å²) in [5.41, 5.74) is 7.11. The lowest BCUT2D eigenvalue weighted by Gasteiger charge is -2.05. The number of hydrogen-bond acceptors (Lipinski definition) is 4. The fraction of sp³-hybridized carbons (Fsp3) is 0.0833. The zero-order valence-corrected chi connectivity index (χ0v) is 9.95. The quantitative estimate of drug-likeness (QED) is 0.490. The average molecular weight is 244 g/mol. The molecule has 3 N–H and O–H groups in total. The van der Waals surface area contributed by atoms with Gasteiger partial charge in [-0.2, -0.15) is 0 Å². The van der Waals surface area contributed by atoms with Crippen LogP contribution in [0.4, 0.5) is 0 Å². The molecular formula is C12H12N4S. The summed E-state index contributed by atoms with van der Waals surface area (Å²) in [6, 6.07) is 10.1. The number of benzene rings is 1. The van der Waals surface area contributed by atoms with Crippen LogP contribution in [-0.2, 0) is 5.75 Å². The number of nitrogen functional groups attached to an aromatic ring is 1. The highest BCUT2D eigenvalue weighted by Crippen LogP contribution is 2.22. The molecule has 2 rings (SSSR count). The molecule has 4 nitrogen and oxygen atoms in total. The molecule has 0 unspecified atom stereocenters. The minimum atomic E-state index is -0.0475. The van der Waals surface area contributed by atoms with Crippen LogP contribution in [0.15, 0.2) is 47.8 Å². The molecular weight excluding hydrogens is 232 g/mol. The first kappa shape index (κ1) is 11.6. The topological polar surface area (TPSA) is 75.7 Å². The molecule has 0 atom stereocenters. The third-order valence-electron chi connectivity index (χ3n) is 2.14. The largest absolute Gasteiger partial charge is 0.382 e. The number of nitrogens with zero attached hydrogens (tertiary/aromatic N) is 2. The van der Waals surface area contributed by atoms with Crippen molar-refractivity contribution in [3.63, 3.8) is 0 Å². The molecule has 0 radical (unpaired) electrons. The molecule has 86 valence electrons. The van der Waals surface area contributed by atoms with Gasteiger partial charge in [0.2, 0.25) is 0 Å². The molecule has 0 aliphatic carbocycles. The van der Waals surface area contributed by atoms with E-state index >= 15 is 0 Å². The maximum atomic E-state index is 7.42. The Hall–Kier alpha value is -1.88. The summed E-state index contributed by atoms with van der Waals surface area (Å²) in [5.74, 6) is 0.744. The van der Waals surface area contributed by atoms with Crippen LogP contribution in [0.1, 0.15) is 11.3 Å². The molecule has 0 bridgehead atoms. The molecule has 1 aromatic carbocycles. The van der Waals surface area contributed by atoms with Crippen molar-refractivity contribution in [2.24, 2.45) is 5.73 Å². The monoisotopic (exact) mass is 244 g/mol. The van der Waals surface area contributed by atoms with Gasteiger partial charge in [0.05, 0.1) is 0 Å². The van der Waals surface area contributed by atoms with Crippen LogP contribution in [-0.4, -0.2) is 15.8 Å². The number of hydrogen-bond donors (Lipinski definition) is 2. The summed E-state index contributed by atoms with van der Waals surface area (Å²) in [4.78, 5) is 8.25. The summed E-state index contributed by atoms with van der Waals surface area (Å²) >= 11 is 1.53. The van der Waals surface area contributed by atoms with E-state index in [1.165, 1.54) is 17.3 Å². The van der Waals surface area contributed by atoms with Gasteiger partial charge in [-0.1, -0.05) is 42.1 Å². The van der Waals surface area contributed by atoms with Crippen molar-refractivity contribution in [3.8, 4) is 0 Å². The van der Waals surface area contributed by atoms with Crippen LogP contribution in [0.2, 0.25) is 0 Å². The maximum Gasteiger partial charge on any atom is 0.144 e. The molecule has 17 heavy (non-hydrogen) atoms. The highest BCUT2D eigenvalue weighted by Gasteiger charge is 2.08. The summed E-state index contributed by atoms with van der Waals surface area (Å²) in [7, 11) is 0. The molecule has 0 amide bonds. The van der Waals surface area contributed by atoms with Crippen LogP contribution in [0, 0.1) is 5.41 Å². The Morgan fingerprint density at radius 1 is 1.18 bits per heavy atom. The van der Waals surface area contributed by atoms with Gasteiger partial charge in [0.1, 0.15) is 16.6 Å². The summed E-state index contributed by atoms with van der Waals surface area (Å²) in [6.45, 7) is 0. The number of nitrogens with two attached hydrogens (primary N) is 1. The van der Waals surface area contributed by atoms with Crippen molar-refractivity contribution in [1.29, 1.82) is 5.41 Å². The Kier molecular flexibility index (Phi) is 3.72. The van der Waals surface area contributed by atoms with Gasteiger partial charge in [0.25, 0.3) is 0 Å². The highest BCUT2D eigenvalue weighted by molar-refractivity contribution is 7.98. The second-order valence-corrected chi connectivity index (χ2v) is 4.36. The lowest BCUT2D eigenvalue weighted by Crippen LogP contribution is -2.15.